The molecule has 3 aromatic carbocycles. The van der Waals surface area contributed by atoms with E-state index in [1.165, 1.54) is 18.0 Å². The summed E-state index contributed by atoms with van der Waals surface area (Å²) in [5.41, 5.74) is 12.9. The Bertz CT molecular complexity index is 2190. The van der Waals surface area contributed by atoms with E-state index in [9.17, 15) is 9.59 Å². The Morgan fingerprint density at radius 2 is 1.22 bits per heavy atom. The Kier molecular flexibility index (Phi) is 12.4. The molecule has 0 unspecified atom stereocenters. The number of fused-ring (bicyclic) bond motifs is 3. The molecule has 5 heterocycles. The summed E-state index contributed by atoms with van der Waals surface area (Å²) in [6, 6.07) is 17.0. The highest BCUT2D eigenvalue weighted by atomic mass is 79.9. The van der Waals surface area contributed by atoms with Gasteiger partial charge in [-0.3, -0.25) is 9.59 Å². The molecule has 286 valence electrons. The lowest BCUT2D eigenvalue weighted by Crippen LogP contribution is -2.43. The van der Waals surface area contributed by atoms with E-state index in [0.717, 1.165) is 121 Å². The van der Waals surface area contributed by atoms with Crippen molar-refractivity contribution in [2.24, 2.45) is 5.73 Å². The van der Waals surface area contributed by atoms with Crippen LogP contribution in [0.3, 0.4) is 0 Å². The van der Waals surface area contributed by atoms with Crippen molar-refractivity contribution in [3.63, 3.8) is 0 Å². The molecule has 3 N–H and O–H groups in total. The quantitative estimate of drug-likeness (QED) is 0.218. The van der Waals surface area contributed by atoms with Crippen LogP contribution < -0.4 is 31.6 Å². The monoisotopic (exact) mass is 798 g/mol. The zero-order valence-electron chi connectivity index (χ0n) is 31.3. The minimum absolute atomic E-state index is 0.0261. The Balaban J connectivity index is 0.000000184. The third-order valence-electron chi connectivity index (χ3n) is 10.8. The van der Waals surface area contributed by atoms with Crippen LogP contribution in [0, 0.1) is 13.8 Å². The van der Waals surface area contributed by atoms with E-state index in [0.29, 0.717) is 38.4 Å². The summed E-state index contributed by atoms with van der Waals surface area (Å²) in [4.78, 5) is 37.9. The van der Waals surface area contributed by atoms with Gasteiger partial charge >= 0.3 is 0 Å². The summed E-state index contributed by atoms with van der Waals surface area (Å²) >= 11 is 3.66. The highest BCUT2D eigenvalue weighted by Crippen LogP contribution is 2.35. The normalized spacial score (nSPS) is 17.1. The third-order valence-corrected chi connectivity index (χ3v) is 11.5. The maximum absolute atomic E-state index is 12.5. The second kappa shape index (κ2) is 17.5. The molecule has 12 nitrogen and oxygen atoms in total. The predicted octanol–water partition coefficient (Wildman–Crippen LogP) is 4.62. The molecule has 2 aromatic heterocycles. The Labute approximate surface area is 324 Å². The number of piperidine rings is 2. The molecule has 0 amide bonds. The molecule has 2 saturated heterocycles. The number of nitrogens with two attached hydrogens (primary N) is 1. The summed E-state index contributed by atoms with van der Waals surface area (Å²) < 4.78 is 16.1. The Morgan fingerprint density at radius 3 is 1.76 bits per heavy atom. The van der Waals surface area contributed by atoms with Gasteiger partial charge in [-0.1, -0.05) is 28.1 Å². The largest absolute Gasteiger partial charge is 0.486 e. The highest BCUT2D eigenvalue weighted by molar-refractivity contribution is 9.10. The van der Waals surface area contributed by atoms with E-state index >= 15 is 0 Å². The Hall–Kier alpha value is -4.14. The van der Waals surface area contributed by atoms with Crippen LogP contribution in [0.2, 0.25) is 0 Å². The minimum Gasteiger partial charge on any atom is -0.486 e. The van der Waals surface area contributed by atoms with Gasteiger partial charge in [0.15, 0.2) is 11.5 Å². The molecule has 2 fully saturated rings. The molecule has 5 aromatic rings. The fourth-order valence-electron chi connectivity index (χ4n) is 7.52. The zero-order valence-corrected chi connectivity index (χ0v) is 32.9. The van der Waals surface area contributed by atoms with Crippen LogP contribution in [0.4, 0.5) is 0 Å². The first-order valence-electron chi connectivity index (χ1n) is 19.1. The van der Waals surface area contributed by atoms with E-state index in [1.807, 2.05) is 59.4 Å². The van der Waals surface area contributed by atoms with Gasteiger partial charge < -0.3 is 39.5 Å². The second-order valence-electron chi connectivity index (χ2n) is 14.7. The summed E-state index contributed by atoms with van der Waals surface area (Å²) in [5.74, 6) is 1.63. The first-order chi connectivity index (χ1) is 26.2. The van der Waals surface area contributed by atoms with Crippen LogP contribution in [0.5, 0.6) is 11.5 Å². The molecule has 0 saturated carbocycles. The molecule has 0 atom stereocenters. The van der Waals surface area contributed by atoms with Gasteiger partial charge in [-0.2, -0.15) is 0 Å². The molecule has 0 radical (unpaired) electrons. The summed E-state index contributed by atoms with van der Waals surface area (Å²) in [5, 5.41) is 3.70. The van der Waals surface area contributed by atoms with Crippen molar-refractivity contribution in [2.45, 2.75) is 71.2 Å². The molecule has 3 aliphatic rings. The lowest BCUT2D eigenvalue weighted by atomic mass is 10.0. The topological polar surface area (TPSA) is 133 Å². The van der Waals surface area contributed by atoms with Gasteiger partial charge in [0.1, 0.15) is 13.2 Å². The molecule has 8 rings (SSSR count). The average Bonchev–Trinajstić information content (AvgIpc) is 3.17. The zero-order chi connectivity index (χ0) is 37.6. The van der Waals surface area contributed by atoms with Crippen LogP contribution in [0.25, 0.3) is 22.1 Å². The molecular formula is C41H51BrN8O4. The molecule has 13 heteroatoms. The van der Waals surface area contributed by atoms with Gasteiger partial charge in [0, 0.05) is 49.3 Å². The van der Waals surface area contributed by atoms with Crippen LogP contribution in [-0.2, 0) is 19.6 Å². The van der Waals surface area contributed by atoms with Crippen molar-refractivity contribution in [3.8, 4) is 11.5 Å². The smallest absolute Gasteiger partial charge is 0.269 e. The van der Waals surface area contributed by atoms with Gasteiger partial charge in [0.2, 0.25) is 0 Å². The van der Waals surface area contributed by atoms with E-state index < -0.39 is 0 Å². The number of benzene rings is 3. The van der Waals surface area contributed by atoms with Crippen LogP contribution in [0.1, 0.15) is 42.4 Å². The van der Waals surface area contributed by atoms with Crippen LogP contribution >= 0.6 is 15.9 Å². The molecule has 3 aliphatic heterocycles. The highest BCUT2D eigenvalue weighted by Gasteiger charge is 2.21. The number of halogens is 1. The van der Waals surface area contributed by atoms with Crippen molar-refractivity contribution in [1.29, 1.82) is 0 Å². The number of ether oxygens (including phenoxy) is 2. The Morgan fingerprint density at radius 1 is 0.722 bits per heavy atom. The summed E-state index contributed by atoms with van der Waals surface area (Å²) in [6.45, 7) is 13.3. The van der Waals surface area contributed by atoms with Crippen molar-refractivity contribution >= 4 is 38.0 Å². The van der Waals surface area contributed by atoms with Gasteiger partial charge in [-0.15, -0.1) is 0 Å². The average molecular weight is 800 g/mol. The SMILES string of the molecule is Cc1ccc2ncc(=O)n(CCN3CCC(N)CC3)c2c1.Cc1ccc2ncc(=O)n(CCN3CCC(NCc4cc5c(cc4Br)OCCO5)CC3)c2c1. The number of nitrogens with one attached hydrogen (secondary N) is 1. The van der Waals surface area contributed by atoms with Crippen LogP contribution in [0.15, 0.2) is 75.0 Å². The first-order valence-corrected chi connectivity index (χ1v) is 19.9. The standard InChI is InChI=1S/C25H29BrN4O3.C16H22N4O/c1-17-2-3-21-22(12-17)30(25(31)16-28-21)9-8-29-6-4-19(5-7-29)27-15-18-13-23-24(14-20(18)26)33-11-10-32-23;1-12-2-3-14-15(10-12)20(16(21)11-18-14)9-8-19-6-4-13(17)5-7-19/h2-3,12-14,16,19,27H,4-11,15H2,1H3;2-3,10-11,13H,4-9,17H2,1H3. The van der Waals surface area contributed by atoms with Crippen molar-refractivity contribution in [2.75, 3.05) is 52.5 Å². The number of hydrogen-bond donors (Lipinski definition) is 2. The van der Waals surface area contributed by atoms with E-state index in [-0.39, 0.29) is 11.1 Å². The fourth-order valence-corrected chi connectivity index (χ4v) is 7.98. The second-order valence-corrected chi connectivity index (χ2v) is 15.6. The number of rotatable bonds is 9. The van der Waals surface area contributed by atoms with Gasteiger partial charge in [0.25, 0.3) is 11.1 Å². The lowest BCUT2D eigenvalue weighted by Gasteiger charge is -2.32. The van der Waals surface area contributed by atoms with Gasteiger partial charge in [-0.05, 0) is 119 Å². The number of aromatic nitrogens is 4. The molecular weight excluding hydrogens is 748 g/mol. The number of hydrogen-bond acceptors (Lipinski definition) is 10. The van der Waals surface area contributed by atoms with Crippen LogP contribution in [-0.4, -0.2) is 93.5 Å². The molecule has 0 spiro atoms. The van der Waals surface area contributed by atoms with Gasteiger partial charge in [0.05, 0.1) is 34.5 Å². The lowest BCUT2D eigenvalue weighted by molar-refractivity contribution is 0.171. The van der Waals surface area contributed by atoms with E-state index in [1.54, 1.807) is 0 Å². The van der Waals surface area contributed by atoms with Crippen molar-refractivity contribution in [1.82, 2.24) is 34.2 Å². The fraction of sp³-hybridized carbons (Fsp3) is 0.463. The molecule has 54 heavy (non-hydrogen) atoms. The van der Waals surface area contributed by atoms with Crippen molar-refractivity contribution in [3.05, 3.63) is 103 Å². The minimum atomic E-state index is -0.0327. The predicted molar refractivity (Wildman–Crippen MR) is 217 cm³/mol. The maximum Gasteiger partial charge on any atom is 0.269 e. The third kappa shape index (κ3) is 9.38. The summed E-state index contributed by atoms with van der Waals surface area (Å²) in [7, 11) is 0. The van der Waals surface area contributed by atoms with E-state index in [4.69, 9.17) is 15.2 Å². The maximum atomic E-state index is 12.5. The first kappa shape index (κ1) is 38.1. The number of aryl methyl sites for hydroxylation is 2. The van der Waals surface area contributed by atoms with Crippen molar-refractivity contribution < 1.29 is 9.47 Å². The molecule has 0 aliphatic carbocycles. The van der Waals surface area contributed by atoms with E-state index in [2.05, 4.69) is 53.1 Å². The number of nitrogens with zero attached hydrogens (tertiary/aromatic N) is 6. The number of likely N-dealkylation sites (tertiary alicyclic amines) is 2. The van der Waals surface area contributed by atoms with Gasteiger partial charge in [-0.25, -0.2) is 9.97 Å². The molecule has 0 bridgehead atoms. The summed E-state index contributed by atoms with van der Waals surface area (Å²) in [6.07, 6.45) is 7.13.